The lowest BCUT2D eigenvalue weighted by Crippen LogP contribution is -2.52. The highest BCUT2D eigenvalue weighted by molar-refractivity contribution is 6.11. The molecule has 7 heteroatoms. The maximum absolute atomic E-state index is 13.9. The fourth-order valence-electron chi connectivity index (χ4n) is 2.70. The fourth-order valence-corrected chi connectivity index (χ4v) is 2.70. The summed E-state index contributed by atoms with van der Waals surface area (Å²) in [5.41, 5.74) is -1.08. The molecule has 0 bridgehead atoms. The Bertz CT molecular complexity index is 712. The van der Waals surface area contributed by atoms with E-state index in [1.165, 1.54) is 4.90 Å². The molecule has 25 heavy (non-hydrogen) atoms. The van der Waals surface area contributed by atoms with Crippen molar-refractivity contribution in [2.45, 2.75) is 45.8 Å². The van der Waals surface area contributed by atoms with Crippen molar-refractivity contribution in [1.29, 1.82) is 0 Å². The minimum atomic E-state index is -1.19. The summed E-state index contributed by atoms with van der Waals surface area (Å²) < 4.78 is 32.2. The molecule has 1 aromatic rings. The Morgan fingerprint density at radius 2 is 1.88 bits per heavy atom. The summed E-state index contributed by atoms with van der Waals surface area (Å²) in [7, 11) is 0. The normalized spacial score (nSPS) is 21.2. The zero-order valence-electron chi connectivity index (χ0n) is 14.6. The van der Waals surface area contributed by atoms with Crippen LogP contribution in [0, 0.1) is 17.6 Å². The molecule has 1 fully saturated rings. The lowest BCUT2D eigenvalue weighted by atomic mass is 9.86. The number of hydrogen-bond donors (Lipinski definition) is 0. The van der Waals surface area contributed by atoms with Crippen LogP contribution in [0.5, 0.6) is 0 Å². The Hall–Kier alpha value is -2.31. The van der Waals surface area contributed by atoms with Crippen LogP contribution in [0.25, 0.3) is 0 Å². The number of carbonyl (C=O) groups is 3. The number of Topliss-reactive ketones (excluding diaryl/α,β-unsaturated/α-hetero) is 2. The number of ketones is 2. The van der Waals surface area contributed by atoms with Crippen LogP contribution in [0.2, 0.25) is 0 Å². The van der Waals surface area contributed by atoms with Crippen molar-refractivity contribution in [3.63, 3.8) is 0 Å². The van der Waals surface area contributed by atoms with E-state index in [0.717, 1.165) is 12.1 Å². The van der Waals surface area contributed by atoms with Gasteiger partial charge in [-0.15, -0.1) is 0 Å². The number of benzene rings is 1. The molecule has 1 aliphatic rings. The van der Waals surface area contributed by atoms with Crippen LogP contribution in [0.1, 0.15) is 44.5 Å². The number of carbonyl (C=O) groups excluding carboxylic acids is 3. The number of nitrogens with zero attached hydrogens (tertiary/aromatic N) is 1. The minimum Gasteiger partial charge on any atom is -0.444 e. The number of amides is 1. The standard InChI is InChI=1S/C18H21F2NO4/c1-10-7-15(22)13(9-21(10)17(24)25-18(2,3)4)16(23)12-6-5-11(19)8-14(12)20/h5-6,8,10,13H,7,9H2,1-4H3. The van der Waals surface area contributed by atoms with E-state index in [1.54, 1.807) is 27.7 Å². The maximum Gasteiger partial charge on any atom is 0.410 e. The predicted molar refractivity (Wildman–Crippen MR) is 86.2 cm³/mol. The smallest absolute Gasteiger partial charge is 0.410 e. The first kappa shape index (κ1) is 19.0. The lowest BCUT2D eigenvalue weighted by molar-refractivity contribution is -0.125. The molecule has 1 saturated heterocycles. The Morgan fingerprint density at radius 1 is 1.24 bits per heavy atom. The van der Waals surface area contributed by atoms with Crippen molar-refractivity contribution < 1.29 is 27.9 Å². The van der Waals surface area contributed by atoms with E-state index in [2.05, 4.69) is 0 Å². The van der Waals surface area contributed by atoms with Crippen LogP contribution in [0.4, 0.5) is 13.6 Å². The first-order chi connectivity index (χ1) is 11.5. The molecule has 136 valence electrons. The second kappa shape index (κ2) is 6.90. The zero-order chi connectivity index (χ0) is 18.9. The molecule has 1 heterocycles. The van der Waals surface area contributed by atoms with E-state index in [-0.39, 0.29) is 24.3 Å². The van der Waals surface area contributed by atoms with Gasteiger partial charge < -0.3 is 9.64 Å². The number of rotatable bonds is 2. The van der Waals surface area contributed by atoms with Crippen molar-refractivity contribution in [2.24, 2.45) is 5.92 Å². The molecule has 0 saturated carbocycles. The molecule has 2 rings (SSSR count). The summed E-state index contributed by atoms with van der Waals surface area (Å²) in [6, 6.07) is 2.13. The van der Waals surface area contributed by atoms with Gasteiger partial charge in [-0.3, -0.25) is 9.59 Å². The van der Waals surface area contributed by atoms with Crippen LogP contribution < -0.4 is 0 Å². The van der Waals surface area contributed by atoms with Gasteiger partial charge in [0.15, 0.2) is 5.78 Å². The fraction of sp³-hybridized carbons (Fsp3) is 0.500. The van der Waals surface area contributed by atoms with Gasteiger partial charge in [0.1, 0.15) is 23.0 Å². The number of halogens is 2. The summed E-state index contributed by atoms with van der Waals surface area (Å²) in [4.78, 5) is 38.4. The molecule has 0 radical (unpaired) electrons. The average Bonchev–Trinajstić information content (AvgIpc) is 2.44. The molecule has 1 aliphatic heterocycles. The molecule has 2 unspecified atom stereocenters. The molecular weight excluding hydrogens is 332 g/mol. The first-order valence-corrected chi connectivity index (χ1v) is 8.01. The third-order valence-corrected chi connectivity index (χ3v) is 3.94. The van der Waals surface area contributed by atoms with Gasteiger partial charge in [-0.05, 0) is 39.8 Å². The molecule has 0 aliphatic carbocycles. The van der Waals surface area contributed by atoms with Gasteiger partial charge in [-0.1, -0.05) is 0 Å². The number of ether oxygens (including phenoxy) is 1. The molecule has 0 aromatic heterocycles. The zero-order valence-corrected chi connectivity index (χ0v) is 14.6. The lowest BCUT2D eigenvalue weighted by Gasteiger charge is -2.37. The molecule has 1 aromatic carbocycles. The van der Waals surface area contributed by atoms with Gasteiger partial charge in [0, 0.05) is 25.1 Å². The van der Waals surface area contributed by atoms with Gasteiger partial charge >= 0.3 is 6.09 Å². The van der Waals surface area contributed by atoms with Crippen LogP contribution in [0.3, 0.4) is 0 Å². The van der Waals surface area contributed by atoms with E-state index >= 15 is 0 Å². The highest BCUT2D eigenvalue weighted by atomic mass is 19.1. The molecule has 0 N–H and O–H groups in total. The number of likely N-dealkylation sites (tertiary alicyclic amines) is 1. The highest BCUT2D eigenvalue weighted by Crippen LogP contribution is 2.25. The predicted octanol–water partition coefficient (Wildman–Crippen LogP) is 3.36. The van der Waals surface area contributed by atoms with E-state index < -0.39 is 41.1 Å². The van der Waals surface area contributed by atoms with E-state index in [9.17, 15) is 23.2 Å². The Balaban J connectivity index is 2.24. The van der Waals surface area contributed by atoms with Crippen molar-refractivity contribution >= 4 is 17.7 Å². The Labute approximate surface area is 144 Å². The van der Waals surface area contributed by atoms with Gasteiger partial charge in [0.2, 0.25) is 0 Å². The van der Waals surface area contributed by atoms with Crippen molar-refractivity contribution in [3.05, 3.63) is 35.4 Å². The maximum atomic E-state index is 13.9. The summed E-state index contributed by atoms with van der Waals surface area (Å²) in [5.74, 6) is -4.17. The van der Waals surface area contributed by atoms with Gasteiger partial charge in [0.05, 0.1) is 11.5 Å². The quantitative estimate of drug-likeness (QED) is 0.604. The van der Waals surface area contributed by atoms with Crippen molar-refractivity contribution in [1.82, 2.24) is 4.90 Å². The number of hydrogen-bond acceptors (Lipinski definition) is 4. The summed E-state index contributed by atoms with van der Waals surface area (Å²) in [6.07, 6.45) is -0.664. The molecule has 0 spiro atoms. The highest BCUT2D eigenvalue weighted by Gasteiger charge is 2.40. The van der Waals surface area contributed by atoms with Crippen LogP contribution >= 0.6 is 0 Å². The van der Waals surface area contributed by atoms with Crippen LogP contribution in [0.15, 0.2) is 18.2 Å². The Morgan fingerprint density at radius 3 is 2.44 bits per heavy atom. The van der Waals surface area contributed by atoms with Gasteiger partial charge in [0.25, 0.3) is 0 Å². The second-order valence-electron chi connectivity index (χ2n) is 7.19. The second-order valence-corrected chi connectivity index (χ2v) is 7.19. The molecule has 1 amide bonds. The third-order valence-electron chi connectivity index (χ3n) is 3.94. The average molecular weight is 353 g/mol. The summed E-state index contributed by atoms with van der Waals surface area (Å²) in [6.45, 7) is 6.62. The van der Waals surface area contributed by atoms with E-state index in [0.29, 0.717) is 6.07 Å². The molecular formula is C18H21F2NO4. The molecule has 2 atom stereocenters. The van der Waals surface area contributed by atoms with E-state index in [1.807, 2.05) is 0 Å². The summed E-state index contributed by atoms with van der Waals surface area (Å²) in [5, 5.41) is 0. The molecule has 5 nitrogen and oxygen atoms in total. The van der Waals surface area contributed by atoms with E-state index in [4.69, 9.17) is 4.74 Å². The largest absolute Gasteiger partial charge is 0.444 e. The SMILES string of the molecule is CC1CC(=O)C(C(=O)c2ccc(F)cc2F)CN1C(=O)OC(C)(C)C. The third kappa shape index (κ3) is 4.41. The number of piperidine rings is 1. The van der Waals surface area contributed by atoms with Gasteiger partial charge in [-0.25, -0.2) is 13.6 Å². The first-order valence-electron chi connectivity index (χ1n) is 8.01. The topological polar surface area (TPSA) is 63.7 Å². The van der Waals surface area contributed by atoms with Crippen molar-refractivity contribution in [3.8, 4) is 0 Å². The minimum absolute atomic E-state index is 0.0293. The Kier molecular flexibility index (Phi) is 5.25. The van der Waals surface area contributed by atoms with Gasteiger partial charge in [-0.2, -0.15) is 0 Å². The summed E-state index contributed by atoms with van der Waals surface area (Å²) >= 11 is 0. The monoisotopic (exact) mass is 353 g/mol. The van der Waals surface area contributed by atoms with Crippen LogP contribution in [-0.4, -0.2) is 40.7 Å². The van der Waals surface area contributed by atoms with Crippen LogP contribution in [-0.2, 0) is 9.53 Å². The van der Waals surface area contributed by atoms with Crippen molar-refractivity contribution in [2.75, 3.05) is 6.54 Å².